The van der Waals surface area contributed by atoms with Crippen molar-refractivity contribution in [3.05, 3.63) is 29.6 Å². The molecule has 0 radical (unpaired) electrons. The van der Waals surface area contributed by atoms with Crippen LogP contribution < -0.4 is 15.5 Å². The average Bonchev–Trinajstić information content (AvgIpc) is 3.12. The molecule has 166 valence electrons. The Morgan fingerprint density at radius 2 is 2.16 bits per heavy atom. The molecule has 1 fully saturated rings. The van der Waals surface area contributed by atoms with Gasteiger partial charge in [-0.1, -0.05) is 6.92 Å². The van der Waals surface area contributed by atoms with Gasteiger partial charge in [0, 0.05) is 38.5 Å². The summed E-state index contributed by atoms with van der Waals surface area (Å²) in [6, 6.07) is 4.39. The van der Waals surface area contributed by atoms with Gasteiger partial charge in [-0.2, -0.15) is 10.1 Å². The summed E-state index contributed by atoms with van der Waals surface area (Å²) in [7, 11) is 0. The zero-order valence-electron chi connectivity index (χ0n) is 18.9. The molecule has 1 aliphatic heterocycles. The predicted molar refractivity (Wildman–Crippen MR) is 123 cm³/mol. The summed E-state index contributed by atoms with van der Waals surface area (Å²) in [6.07, 6.45) is 2.60. The second-order valence-corrected chi connectivity index (χ2v) is 7.93. The highest BCUT2D eigenvalue weighted by Gasteiger charge is 2.23. The van der Waals surface area contributed by atoms with Gasteiger partial charge < -0.3 is 20.3 Å². The summed E-state index contributed by atoms with van der Waals surface area (Å²) in [6.45, 7) is 12.9. The number of ether oxygens (including phenoxy) is 1. The van der Waals surface area contributed by atoms with Gasteiger partial charge in [0.15, 0.2) is 5.82 Å². The first-order valence-electron chi connectivity index (χ1n) is 11.1. The maximum Gasteiger partial charge on any atom is 0.228 e. The summed E-state index contributed by atoms with van der Waals surface area (Å²) < 4.78 is 7.55. The molecule has 1 aliphatic rings. The van der Waals surface area contributed by atoms with Crippen molar-refractivity contribution < 1.29 is 4.74 Å². The number of piperazine rings is 1. The van der Waals surface area contributed by atoms with Crippen LogP contribution in [0, 0.1) is 6.92 Å². The van der Waals surface area contributed by atoms with Gasteiger partial charge in [0.05, 0.1) is 18.8 Å². The molecular formula is C22H32N8O. The fourth-order valence-corrected chi connectivity index (χ4v) is 3.90. The fraction of sp³-hybridized carbons (Fsp3) is 0.545. The number of nitrogens with one attached hydrogen (secondary N) is 2. The number of hydrogen-bond donors (Lipinski definition) is 2. The van der Waals surface area contributed by atoms with E-state index in [9.17, 15) is 0 Å². The first kappa shape index (κ1) is 21.5. The molecule has 9 heteroatoms. The lowest BCUT2D eigenvalue weighted by Crippen LogP contribution is -2.49. The van der Waals surface area contributed by atoms with E-state index in [0.717, 1.165) is 65.9 Å². The average molecular weight is 425 g/mol. The van der Waals surface area contributed by atoms with Gasteiger partial charge >= 0.3 is 0 Å². The van der Waals surface area contributed by atoms with Gasteiger partial charge in [0.2, 0.25) is 5.95 Å². The summed E-state index contributed by atoms with van der Waals surface area (Å²) in [5.41, 5.74) is 3.90. The van der Waals surface area contributed by atoms with Gasteiger partial charge in [-0.05, 0) is 44.9 Å². The highest BCUT2D eigenvalue weighted by Crippen LogP contribution is 2.29. The van der Waals surface area contributed by atoms with E-state index in [2.05, 4.69) is 41.3 Å². The molecule has 0 aliphatic carbocycles. The molecule has 0 unspecified atom stereocenters. The van der Waals surface area contributed by atoms with E-state index in [1.165, 1.54) is 0 Å². The summed E-state index contributed by atoms with van der Waals surface area (Å²) in [4.78, 5) is 16.7. The Balaban J connectivity index is 1.81. The Labute approximate surface area is 183 Å². The lowest BCUT2D eigenvalue weighted by Gasteiger charge is -2.32. The monoisotopic (exact) mass is 424 g/mol. The molecule has 4 heterocycles. The quantitative estimate of drug-likeness (QED) is 0.533. The van der Waals surface area contributed by atoms with E-state index in [1.807, 2.05) is 23.7 Å². The number of anilines is 3. The second-order valence-electron chi connectivity index (χ2n) is 7.93. The minimum Gasteiger partial charge on any atom is -0.380 e. The van der Waals surface area contributed by atoms with Crippen LogP contribution in [0.1, 0.15) is 32.0 Å². The second kappa shape index (κ2) is 9.57. The first-order chi connectivity index (χ1) is 15.1. The van der Waals surface area contributed by atoms with Crippen LogP contribution in [0.3, 0.4) is 0 Å². The van der Waals surface area contributed by atoms with Crippen LogP contribution >= 0.6 is 0 Å². The van der Waals surface area contributed by atoms with Crippen LogP contribution in [0.4, 0.5) is 17.6 Å². The van der Waals surface area contributed by atoms with Crippen LogP contribution in [0.5, 0.6) is 0 Å². The number of pyridine rings is 1. The van der Waals surface area contributed by atoms with Crippen molar-refractivity contribution in [2.45, 2.75) is 46.7 Å². The smallest absolute Gasteiger partial charge is 0.228 e. The molecule has 9 nitrogen and oxygen atoms in total. The summed E-state index contributed by atoms with van der Waals surface area (Å²) in [5.74, 6) is 2.22. The van der Waals surface area contributed by atoms with Crippen molar-refractivity contribution >= 4 is 28.6 Å². The SMILES string of the molecule is CCOCCn1nc(CC)c2nc(N3CCN[C@@H](C)C3)nc(Nc3cc(C)ccn3)c21. The van der Waals surface area contributed by atoms with Crippen molar-refractivity contribution in [1.29, 1.82) is 0 Å². The fourth-order valence-electron chi connectivity index (χ4n) is 3.90. The molecule has 0 saturated carbocycles. The molecular weight excluding hydrogens is 392 g/mol. The standard InChI is InChI=1S/C22H32N8O/c1-5-17-19-20(30(28-17)11-12-31-6-2)21(25-18-13-15(3)7-8-24-18)27-22(26-19)29-10-9-23-16(4)14-29/h7-8,13,16,23H,5-6,9-12,14H2,1-4H3,(H,24,25,26,27)/t16-/m0/s1. The highest BCUT2D eigenvalue weighted by atomic mass is 16.5. The molecule has 1 atom stereocenters. The number of aromatic nitrogens is 5. The Morgan fingerprint density at radius 3 is 2.90 bits per heavy atom. The molecule has 0 bridgehead atoms. The summed E-state index contributed by atoms with van der Waals surface area (Å²) >= 11 is 0. The van der Waals surface area contributed by atoms with E-state index in [0.29, 0.717) is 25.8 Å². The first-order valence-corrected chi connectivity index (χ1v) is 11.1. The minimum absolute atomic E-state index is 0.391. The Bertz CT molecular complexity index is 1030. The molecule has 0 amide bonds. The van der Waals surface area contributed by atoms with E-state index in [1.54, 1.807) is 6.20 Å². The third-order valence-electron chi connectivity index (χ3n) is 5.45. The third kappa shape index (κ3) is 4.77. The highest BCUT2D eigenvalue weighted by molar-refractivity contribution is 5.90. The molecule has 31 heavy (non-hydrogen) atoms. The van der Waals surface area contributed by atoms with Crippen molar-refractivity contribution in [2.75, 3.05) is 43.1 Å². The molecule has 3 aromatic heterocycles. The Kier molecular flexibility index (Phi) is 6.62. The van der Waals surface area contributed by atoms with Crippen molar-refractivity contribution in [3.63, 3.8) is 0 Å². The van der Waals surface area contributed by atoms with Gasteiger partial charge in [-0.25, -0.2) is 9.97 Å². The van der Waals surface area contributed by atoms with Gasteiger partial charge in [-0.3, -0.25) is 4.68 Å². The Hall–Kier alpha value is -2.78. The van der Waals surface area contributed by atoms with Crippen molar-refractivity contribution in [1.82, 2.24) is 30.0 Å². The lowest BCUT2D eigenvalue weighted by molar-refractivity contribution is 0.137. The lowest BCUT2D eigenvalue weighted by atomic mass is 10.2. The minimum atomic E-state index is 0.391. The predicted octanol–water partition coefficient (Wildman–Crippen LogP) is 2.67. The maximum absolute atomic E-state index is 5.58. The van der Waals surface area contributed by atoms with E-state index in [-0.39, 0.29) is 0 Å². The number of hydrogen-bond acceptors (Lipinski definition) is 8. The molecule has 0 aromatic carbocycles. The topological polar surface area (TPSA) is 93.0 Å². The zero-order chi connectivity index (χ0) is 21.8. The van der Waals surface area contributed by atoms with Crippen LogP contribution in [0.2, 0.25) is 0 Å². The number of rotatable bonds is 8. The van der Waals surface area contributed by atoms with Crippen LogP contribution in [0.15, 0.2) is 18.3 Å². The summed E-state index contributed by atoms with van der Waals surface area (Å²) in [5, 5.41) is 11.8. The zero-order valence-corrected chi connectivity index (χ0v) is 18.9. The number of aryl methyl sites for hydroxylation is 2. The van der Waals surface area contributed by atoms with Crippen molar-refractivity contribution in [2.24, 2.45) is 0 Å². The van der Waals surface area contributed by atoms with Gasteiger partial charge in [0.25, 0.3) is 0 Å². The molecule has 3 aromatic rings. The number of nitrogens with zero attached hydrogens (tertiary/aromatic N) is 6. The molecule has 4 rings (SSSR count). The Morgan fingerprint density at radius 1 is 1.29 bits per heavy atom. The molecule has 0 spiro atoms. The molecule has 2 N–H and O–H groups in total. The van der Waals surface area contributed by atoms with Crippen molar-refractivity contribution in [3.8, 4) is 0 Å². The maximum atomic E-state index is 5.58. The number of fused-ring (bicyclic) bond motifs is 1. The van der Waals surface area contributed by atoms with Crippen LogP contribution in [0.25, 0.3) is 11.0 Å². The van der Waals surface area contributed by atoms with E-state index >= 15 is 0 Å². The van der Waals surface area contributed by atoms with E-state index < -0.39 is 0 Å². The van der Waals surface area contributed by atoms with Gasteiger partial charge in [0.1, 0.15) is 16.9 Å². The normalized spacial score (nSPS) is 16.8. The van der Waals surface area contributed by atoms with Crippen LogP contribution in [-0.2, 0) is 17.7 Å². The van der Waals surface area contributed by atoms with Gasteiger partial charge in [-0.15, -0.1) is 0 Å². The van der Waals surface area contributed by atoms with Crippen LogP contribution in [-0.4, -0.2) is 63.6 Å². The molecule has 1 saturated heterocycles. The largest absolute Gasteiger partial charge is 0.380 e. The third-order valence-corrected chi connectivity index (χ3v) is 5.45. The van der Waals surface area contributed by atoms with E-state index in [4.69, 9.17) is 19.8 Å².